The molecule has 2 amide bonds. The topological polar surface area (TPSA) is 58.6 Å². The molecule has 0 aromatic heterocycles. The van der Waals surface area contributed by atoms with Crippen LogP contribution in [0.1, 0.15) is 12.5 Å². The fourth-order valence-electron chi connectivity index (χ4n) is 3.33. The zero-order valence-electron chi connectivity index (χ0n) is 16.6. The zero-order chi connectivity index (χ0) is 22.0. The van der Waals surface area contributed by atoms with Gasteiger partial charge in [-0.05, 0) is 67.1 Å². The molecule has 7 heteroatoms. The first-order valence-corrected chi connectivity index (χ1v) is 10.00. The van der Waals surface area contributed by atoms with E-state index in [1.165, 1.54) is 24.3 Å². The summed E-state index contributed by atoms with van der Waals surface area (Å²) in [5.41, 5.74) is 1.70. The Morgan fingerprint density at radius 2 is 1.68 bits per heavy atom. The van der Waals surface area contributed by atoms with Gasteiger partial charge in [-0.25, -0.2) is 9.29 Å². The van der Waals surface area contributed by atoms with Gasteiger partial charge in [0.05, 0.1) is 17.9 Å². The maximum atomic E-state index is 13.4. The third kappa shape index (κ3) is 4.15. The monoisotopic (exact) mass is 436 g/mol. The normalized spacial score (nSPS) is 13.7. The summed E-state index contributed by atoms with van der Waals surface area (Å²) < 4.78 is 18.8. The molecule has 0 fully saturated rings. The number of benzene rings is 3. The molecule has 1 aliphatic rings. The number of amides is 2. The van der Waals surface area contributed by atoms with E-state index in [-0.39, 0.29) is 11.3 Å². The summed E-state index contributed by atoms with van der Waals surface area (Å²) in [6.45, 7) is 2.39. The second-order valence-electron chi connectivity index (χ2n) is 6.76. The molecule has 0 saturated heterocycles. The van der Waals surface area contributed by atoms with Crippen LogP contribution < -0.4 is 15.0 Å². The fraction of sp³-hybridized carbons (Fsp3) is 0.0833. The van der Waals surface area contributed by atoms with Crippen LogP contribution in [0.15, 0.2) is 78.5 Å². The standard InChI is InChI=1S/C24H18ClFN2O3/c1-2-31-20-12-6-15(7-13-20)21-22(27-18-10-8-17(26)9-11-18)24(30)28(23(21)29)19-5-3-4-16(25)14-19/h3-14,27H,2H2,1H3. The Morgan fingerprint density at radius 3 is 2.32 bits per heavy atom. The van der Waals surface area contributed by atoms with Crippen LogP contribution in [0.4, 0.5) is 15.8 Å². The highest BCUT2D eigenvalue weighted by Gasteiger charge is 2.40. The lowest BCUT2D eigenvalue weighted by Gasteiger charge is -2.15. The highest BCUT2D eigenvalue weighted by Crippen LogP contribution is 2.35. The number of hydrogen-bond donors (Lipinski definition) is 1. The van der Waals surface area contributed by atoms with Crippen LogP contribution in [-0.4, -0.2) is 18.4 Å². The number of nitrogens with zero attached hydrogens (tertiary/aromatic N) is 1. The van der Waals surface area contributed by atoms with Crippen LogP contribution in [-0.2, 0) is 9.59 Å². The molecule has 0 radical (unpaired) electrons. The lowest BCUT2D eigenvalue weighted by atomic mass is 10.0. The predicted octanol–water partition coefficient (Wildman–Crippen LogP) is 5.27. The molecule has 0 unspecified atom stereocenters. The Labute approximate surface area is 183 Å². The summed E-state index contributed by atoms with van der Waals surface area (Å²) in [7, 11) is 0. The summed E-state index contributed by atoms with van der Waals surface area (Å²) in [6, 6.07) is 19.0. The van der Waals surface area contributed by atoms with E-state index >= 15 is 0 Å². The Morgan fingerprint density at radius 1 is 0.968 bits per heavy atom. The van der Waals surface area contributed by atoms with Gasteiger partial charge in [-0.1, -0.05) is 29.8 Å². The van der Waals surface area contributed by atoms with E-state index in [2.05, 4.69) is 5.32 Å². The zero-order valence-corrected chi connectivity index (χ0v) is 17.3. The SMILES string of the molecule is CCOc1ccc(C2=C(Nc3ccc(F)cc3)C(=O)N(c3cccc(Cl)c3)C2=O)cc1. The molecule has 1 aliphatic heterocycles. The Hall–Kier alpha value is -3.64. The van der Waals surface area contributed by atoms with Crippen molar-refractivity contribution in [2.45, 2.75) is 6.92 Å². The smallest absolute Gasteiger partial charge is 0.282 e. The molecule has 5 nitrogen and oxygen atoms in total. The van der Waals surface area contributed by atoms with Gasteiger partial charge in [-0.3, -0.25) is 9.59 Å². The Balaban J connectivity index is 1.79. The van der Waals surface area contributed by atoms with E-state index in [0.717, 1.165) is 4.90 Å². The van der Waals surface area contributed by atoms with E-state index in [1.54, 1.807) is 48.5 Å². The van der Waals surface area contributed by atoms with Gasteiger partial charge >= 0.3 is 0 Å². The second-order valence-corrected chi connectivity index (χ2v) is 7.20. The van der Waals surface area contributed by atoms with Crippen molar-refractivity contribution < 1.29 is 18.7 Å². The van der Waals surface area contributed by atoms with Gasteiger partial charge in [0.15, 0.2) is 0 Å². The van der Waals surface area contributed by atoms with Gasteiger partial charge in [-0.15, -0.1) is 0 Å². The summed E-state index contributed by atoms with van der Waals surface area (Å²) in [5, 5.41) is 3.39. The van der Waals surface area contributed by atoms with E-state index in [9.17, 15) is 14.0 Å². The second kappa shape index (κ2) is 8.62. The maximum absolute atomic E-state index is 13.4. The lowest BCUT2D eigenvalue weighted by molar-refractivity contribution is -0.120. The number of rotatable bonds is 6. The molecule has 1 N–H and O–H groups in total. The summed E-state index contributed by atoms with van der Waals surface area (Å²) >= 11 is 6.07. The number of hydrogen-bond acceptors (Lipinski definition) is 4. The van der Waals surface area contributed by atoms with Crippen molar-refractivity contribution in [2.24, 2.45) is 0 Å². The molecule has 0 bridgehead atoms. The average molecular weight is 437 g/mol. The number of carbonyl (C=O) groups excluding carboxylic acids is 2. The predicted molar refractivity (Wildman–Crippen MR) is 118 cm³/mol. The summed E-state index contributed by atoms with van der Waals surface area (Å²) in [5.74, 6) is -0.759. The highest BCUT2D eigenvalue weighted by atomic mass is 35.5. The summed E-state index contributed by atoms with van der Waals surface area (Å²) in [6.07, 6.45) is 0. The van der Waals surface area contributed by atoms with Crippen molar-refractivity contribution in [3.63, 3.8) is 0 Å². The summed E-state index contributed by atoms with van der Waals surface area (Å²) in [4.78, 5) is 27.7. The van der Waals surface area contributed by atoms with Gasteiger partial charge in [0.2, 0.25) is 0 Å². The molecule has 31 heavy (non-hydrogen) atoms. The third-order valence-electron chi connectivity index (χ3n) is 4.72. The van der Waals surface area contributed by atoms with Crippen molar-refractivity contribution in [1.82, 2.24) is 0 Å². The minimum absolute atomic E-state index is 0.0979. The molecule has 0 spiro atoms. The Bertz CT molecular complexity index is 1170. The van der Waals surface area contributed by atoms with Gasteiger partial charge in [0.1, 0.15) is 17.3 Å². The third-order valence-corrected chi connectivity index (χ3v) is 4.95. The molecule has 0 saturated carbocycles. The fourth-order valence-corrected chi connectivity index (χ4v) is 3.51. The first-order chi connectivity index (χ1) is 15.0. The number of anilines is 2. The van der Waals surface area contributed by atoms with Crippen LogP contribution in [0.5, 0.6) is 5.75 Å². The minimum atomic E-state index is -0.527. The van der Waals surface area contributed by atoms with E-state index in [0.29, 0.717) is 34.3 Å². The van der Waals surface area contributed by atoms with Crippen molar-refractivity contribution in [1.29, 1.82) is 0 Å². The van der Waals surface area contributed by atoms with Crippen LogP contribution in [0.2, 0.25) is 5.02 Å². The number of carbonyl (C=O) groups is 2. The Kier molecular flexibility index (Phi) is 5.73. The molecule has 3 aromatic rings. The number of nitrogens with one attached hydrogen (secondary N) is 1. The molecule has 156 valence electrons. The number of ether oxygens (including phenoxy) is 1. The maximum Gasteiger partial charge on any atom is 0.282 e. The quantitative estimate of drug-likeness (QED) is 0.534. The first kappa shape index (κ1) is 20.6. The number of imide groups is 1. The average Bonchev–Trinajstić information content (AvgIpc) is 3.00. The molecular weight excluding hydrogens is 419 g/mol. The molecule has 1 heterocycles. The largest absolute Gasteiger partial charge is 0.494 e. The highest BCUT2D eigenvalue weighted by molar-refractivity contribution is 6.46. The van der Waals surface area contributed by atoms with Crippen molar-refractivity contribution in [3.8, 4) is 5.75 Å². The molecule has 4 rings (SSSR count). The van der Waals surface area contributed by atoms with Gasteiger partial charge < -0.3 is 10.1 Å². The number of halogens is 2. The molecule has 3 aromatic carbocycles. The molecule has 0 aliphatic carbocycles. The van der Waals surface area contributed by atoms with Gasteiger partial charge in [0.25, 0.3) is 11.8 Å². The van der Waals surface area contributed by atoms with Crippen LogP contribution in [0.25, 0.3) is 5.57 Å². The van der Waals surface area contributed by atoms with Gasteiger partial charge in [0, 0.05) is 10.7 Å². The van der Waals surface area contributed by atoms with Crippen molar-refractivity contribution in [2.75, 3.05) is 16.8 Å². The van der Waals surface area contributed by atoms with Crippen LogP contribution >= 0.6 is 11.6 Å². The molecular formula is C24H18ClFN2O3. The van der Waals surface area contributed by atoms with E-state index < -0.39 is 17.6 Å². The van der Waals surface area contributed by atoms with Crippen molar-refractivity contribution in [3.05, 3.63) is 94.9 Å². The lowest BCUT2D eigenvalue weighted by Crippen LogP contribution is -2.32. The molecule has 0 atom stereocenters. The van der Waals surface area contributed by atoms with Gasteiger partial charge in [-0.2, -0.15) is 0 Å². The van der Waals surface area contributed by atoms with E-state index in [4.69, 9.17) is 16.3 Å². The van der Waals surface area contributed by atoms with E-state index in [1.807, 2.05) is 6.92 Å². The first-order valence-electron chi connectivity index (χ1n) is 9.62. The van der Waals surface area contributed by atoms with Crippen LogP contribution in [0, 0.1) is 5.82 Å². The minimum Gasteiger partial charge on any atom is -0.494 e. The van der Waals surface area contributed by atoms with Crippen molar-refractivity contribution >= 4 is 40.4 Å². The van der Waals surface area contributed by atoms with Crippen LogP contribution in [0.3, 0.4) is 0 Å².